The molecule has 0 unspecified atom stereocenters. The van der Waals surface area contributed by atoms with Crippen LogP contribution in [0.25, 0.3) is 22.6 Å². The highest BCUT2D eigenvalue weighted by molar-refractivity contribution is 9.10. The van der Waals surface area contributed by atoms with Crippen LogP contribution in [0.15, 0.2) is 75.6 Å². The normalized spacial score (nSPS) is 10.7. The van der Waals surface area contributed by atoms with Crippen molar-refractivity contribution in [2.45, 2.75) is 0 Å². The maximum Gasteiger partial charge on any atom is 0.259 e. The summed E-state index contributed by atoms with van der Waals surface area (Å²) < 4.78 is 12.0. The van der Waals surface area contributed by atoms with Crippen LogP contribution >= 0.6 is 15.9 Å². The van der Waals surface area contributed by atoms with Gasteiger partial charge in [-0.05, 0) is 54.6 Å². The predicted octanol–water partition coefficient (Wildman–Crippen LogP) is 5.52. The SMILES string of the molecule is COc1ccccc1C(=O)Nc1ccc2oc(-c3ccc(Br)cc3)nc2c1. The zero-order chi connectivity index (χ0) is 18.8. The minimum atomic E-state index is -0.247. The molecule has 0 aliphatic carbocycles. The average Bonchev–Trinajstić information content (AvgIpc) is 3.11. The van der Waals surface area contributed by atoms with Crippen molar-refractivity contribution in [1.82, 2.24) is 4.98 Å². The highest BCUT2D eigenvalue weighted by Crippen LogP contribution is 2.27. The Bertz CT molecular complexity index is 1120. The molecule has 5 nitrogen and oxygen atoms in total. The first-order valence-electron chi connectivity index (χ1n) is 8.25. The Balaban J connectivity index is 1.62. The third kappa shape index (κ3) is 3.57. The maximum absolute atomic E-state index is 12.5. The molecule has 0 bridgehead atoms. The summed E-state index contributed by atoms with van der Waals surface area (Å²) in [5, 5.41) is 2.87. The molecule has 0 fully saturated rings. The summed E-state index contributed by atoms with van der Waals surface area (Å²) in [7, 11) is 1.54. The number of hydrogen-bond acceptors (Lipinski definition) is 4. The molecule has 4 aromatic rings. The molecule has 134 valence electrons. The number of para-hydroxylation sites is 1. The lowest BCUT2D eigenvalue weighted by Crippen LogP contribution is -2.13. The lowest BCUT2D eigenvalue weighted by atomic mass is 10.2. The number of methoxy groups -OCH3 is 1. The zero-order valence-electron chi connectivity index (χ0n) is 14.4. The van der Waals surface area contributed by atoms with Crippen LogP contribution in [0.1, 0.15) is 10.4 Å². The Morgan fingerprint density at radius 2 is 1.85 bits per heavy atom. The fourth-order valence-electron chi connectivity index (χ4n) is 2.75. The van der Waals surface area contributed by atoms with Gasteiger partial charge in [-0.1, -0.05) is 28.1 Å². The Labute approximate surface area is 164 Å². The molecule has 27 heavy (non-hydrogen) atoms. The van der Waals surface area contributed by atoms with Crippen molar-refractivity contribution in [2.24, 2.45) is 0 Å². The highest BCUT2D eigenvalue weighted by Gasteiger charge is 2.13. The lowest BCUT2D eigenvalue weighted by Gasteiger charge is -2.08. The molecular weight excluding hydrogens is 408 g/mol. The van der Waals surface area contributed by atoms with E-state index in [2.05, 4.69) is 26.2 Å². The van der Waals surface area contributed by atoms with Crippen molar-refractivity contribution in [1.29, 1.82) is 0 Å². The summed E-state index contributed by atoms with van der Waals surface area (Å²) in [6.07, 6.45) is 0. The Kier molecular flexibility index (Phi) is 4.64. The summed E-state index contributed by atoms with van der Waals surface area (Å²) in [6, 6.07) is 20.2. The van der Waals surface area contributed by atoms with Crippen LogP contribution in [-0.4, -0.2) is 18.0 Å². The monoisotopic (exact) mass is 422 g/mol. The van der Waals surface area contributed by atoms with Gasteiger partial charge in [0.1, 0.15) is 11.3 Å². The fourth-order valence-corrected chi connectivity index (χ4v) is 3.02. The second-order valence-electron chi connectivity index (χ2n) is 5.86. The molecular formula is C21H15BrN2O3. The van der Waals surface area contributed by atoms with E-state index in [1.54, 1.807) is 36.4 Å². The molecule has 3 aromatic carbocycles. The topological polar surface area (TPSA) is 64.4 Å². The molecule has 1 N–H and O–H groups in total. The van der Waals surface area contributed by atoms with Gasteiger partial charge in [-0.2, -0.15) is 0 Å². The third-order valence-corrected chi connectivity index (χ3v) is 4.62. The number of amides is 1. The van der Waals surface area contributed by atoms with Gasteiger partial charge in [0, 0.05) is 15.7 Å². The number of anilines is 1. The summed E-state index contributed by atoms with van der Waals surface area (Å²) in [6.45, 7) is 0. The number of nitrogens with one attached hydrogen (secondary N) is 1. The van der Waals surface area contributed by atoms with E-state index in [1.165, 1.54) is 7.11 Å². The largest absolute Gasteiger partial charge is 0.496 e. The molecule has 0 atom stereocenters. The number of carbonyl (C=O) groups excluding carboxylic acids is 1. The van der Waals surface area contributed by atoms with Crippen molar-refractivity contribution in [3.8, 4) is 17.2 Å². The van der Waals surface area contributed by atoms with Gasteiger partial charge in [0.15, 0.2) is 5.58 Å². The first-order valence-corrected chi connectivity index (χ1v) is 9.04. The average molecular weight is 423 g/mol. The molecule has 0 saturated heterocycles. The van der Waals surface area contributed by atoms with Crippen LogP contribution in [0.2, 0.25) is 0 Å². The number of rotatable bonds is 4. The molecule has 0 aliphatic rings. The Hall–Kier alpha value is -3.12. The van der Waals surface area contributed by atoms with Gasteiger partial charge in [0.05, 0.1) is 12.7 Å². The second-order valence-corrected chi connectivity index (χ2v) is 6.78. The minimum Gasteiger partial charge on any atom is -0.496 e. The van der Waals surface area contributed by atoms with Crippen LogP contribution < -0.4 is 10.1 Å². The van der Waals surface area contributed by atoms with Crippen LogP contribution in [0, 0.1) is 0 Å². The lowest BCUT2D eigenvalue weighted by molar-refractivity contribution is 0.102. The highest BCUT2D eigenvalue weighted by atomic mass is 79.9. The number of hydrogen-bond donors (Lipinski definition) is 1. The van der Waals surface area contributed by atoms with Gasteiger partial charge < -0.3 is 14.5 Å². The number of halogens is 1. The van der Waals surface area contributed by atoms with E-state index in [1.807, 2.05) is 30.3 Å². The van der Waals surface area contributed by atoms with E-state index >= 15 is 0 Å². The number of ether oxygens (including phenoxy) is 1. The molecule has 1 heterocycles. The molecule has 0 spiro atoms. The Morgan fingerprint density at radius 1 is 1.07 bits per heavy atom. The van der Waals surface area contributed by atoms with Gasteiger partial charge in [0.25, 0.3) is 5.91 Å². The van der Waals surface area contributed by atoms with Crippen LogP contribution in [0.3, 0.4) is 0 Å². The van der Waals surface area contributed by atoms with Crippen molar-refractivity contribution in [3.63, 3.8) is 0 Å². The van der Waals surface area contributed by atoms with Gasteiger partial charge in [0.2, 0.25) is 5.89 Å². The number of aromatic nitrogens is 1. The van der Waals surface area contributed by atoms with Crippen LogP contribution in [0.5, 0.6) is 5.75 Å². The van der Waals surface area contributed by atoms with Crippen molar-refractivity contribution in [2.75, 3.05) is 12.4 Å². The molecule has 1 aromatic heterocycles. The number of nitrogens with zero attached hydrogens (tertiary/aromatic N) is 1. The standard InChI is InChI=1S/C21H15BrN2O3/c1-26-18-5-3-2-4-16(18)20(25)23-15-10-11-19-17(12-15)24-21(27-19)13-6-8-14(22)9-7-13/h2-12H,1H3,(H,23,25). The van der Waals surface area contributed by atoms with Gasteiger partial charge >= 0.3 is 0 Å². The van der Waals surface area contributed by atoms with Gasteiger partial charge in [-0.3, -0.25) is 4.79 Å². The molecule has 0 saturated carbocycles. The number of oxazole rings is 1. The van der Waals surface area contributed by atoms with Crippen molar-refractivity contribution >= 4 is 38.6 Å². The molecule has 4 rings (SSSR count). The minimum absolute atomic E-state index is 0.247. The second kappa shape index (κ2) is 7.25. The molecule has 0 radical (unpaired) electrons. The zero-order valence-corrected chi connectivity index (χ0v) is 16.0. The van der Waals surface area contributed by atoms with E-state index in [4.69, 9.17) is 9.15 Å². The van der Waals surface area contributed by atoms with Gasteiger partial charge in [-0.15, -0.1) is 0 Å². The Morgan fingerprint density at radius 3 is 2.63 bits per heavy atom. The number of benzene rings is 3. The van der Waals surface area contributed by atoms with E-state index in [9.17, 15) is 4.79 Å². The van der Waals surface area contributed by atoms with E-state index in [0.717, 1.165) is 10.0 Å². The van der Waals surface area contributed by atoms with Crippen LogP contribution in [0.4, 0.5) is 5.69 Å². The number of carbonyl (C=O) groups is 1. The van der Waals surface area contributed by atoms with Gasteiger partial charge in [-0.25, -0.2) is 4.98 Å². The van der Waals surface area contributed by atoms with E-state index < -0.39 is 0 Å². The first kappa shape index (κ1) is 17.3. The van der Waals surface area contributed by atoms with E-state index in [-0.39, 0.29) is 5.91 Å². The number of fused-ring (bicyclic) bond motifs is 1. The van der Waals surface area contributed by atoms with Crippen molar-refractivity contribution < 1.29 is 13.9 Å². The smallest absolute Gasteiger partial charge is 0.259 e. The molecule has 1 amide bonds. The quantitative estimate of drug-likeness (QED) is 0.470. The maximum atomic E-state index is 12.5. The first-order chi connectivity index (χ1) is 13.1. The summed E-state index contributed by atoms with van der Waals surface area (Å²) in [5.74, 6) is 0.809. The summed E-state index contributed by atoms with van der Waals surface area (Å²) in [5.41, 5.74) is 3.31. The summed E-state index contributed by atoms with van der Waals surface area (Å²) >= 11 is 3.41. The fraction of sp³-hybridized carbons (Fsp3) is 0.0476. The third-order valence-electron chi connectivity index (χ3n) is 4.09. The van der Waals surface area contributed by atoms with E-state index in [0.29, 0.717) is 34.0 Å². The predicted molar refractivity (Wildman–Crippen MR) is 108 cm³/mol. The molecule has 6 heteroatoms. The van der Waals surface area contributed by atoms with Crippen molar-refractivity contribution in [3.05, 3.63) is 76.8 Å². The molecule has 0 aliphatic heterocycles. The summed E-state index contributed by atoms with van der Waals surface area (Å²) in [4.78, 5) is 17.1. The van der Waals surface area contributed by atoms with Crippen LogP contribution in [-0.2, 0) is 0 Å².